The van der Waals surface area contributed by atoms with Crippen molar-refractivity contribution in [2.45, 2.75) is 0 Å². The molecule has 1 aromatic rings. The van der Waals surface area contributed by atoms with Crippen LogP contribution >= 0.6 is 0 Å². The molecule has 0 aromatic heterocycles. The molecule has 6 nitrogen and oxygen atoms in total. The van der Waals surface area contributed by atoms with Crippen molar-refractivity contribution in [1.82, 2.24) is 5.32 Å². The van der Waals surface area contributed by atoms with E-state index in [0.717, 1.165) is 5.69 Å². The SMILES string of the molecule is CN(C)c1ccc(N)cc1C(=O)NCC(N)=O. The maximum absolute atomic E-state index is 11.8. The zero-order chi connectivity index (χ0) is 13.0. The molecule has 92 valence electrons. The van der Waals surface area contributed by atoms with Crippen molar-refractivity contribution in [2.75, 3.05) is 31.3 Å². The number of benzene rings is 1. The van der Waals surface area contributed by atoms with Crippen LogP contribution in [0, 0.1) is 0 Å². The van der Waals surface area contributed by atoms with Gasteiger partial charge in [-0.15, -0.1) is 0 Å². The minimum Gasteiger partial charge on any atom is -0.399 e. The van der Waals surface area contributed by atoms with E-state index in [9.17, 15) is 9.59 Å². The van der Waals surface area contributed by atoms with Gasteiger partial charge in [0.1, 0.15) is 0 Å². The Kier molecular flexibility index (Phi) is 3.92. The first-order valence-corrected chi connectivity index (χ1v) is 5.05. The third kappa shape index (κ3) is 3.37. The van der Waals surface area contributed by atoms with Gasteiger partial charge in [0.2, 0.25) is 5.91 Å². The van der Waals surface area contributed by atoms with E-state index in [1.165, 1.54) is 0 Å². The zero-order valence-corrected chi connectivity index (χ0v) is 9.86. The molecule has 5 N–H and O–H groups in total. The maximum atomic E-state index is 11.8. The van der Waals surface area contributed by atoms with Gasteiger partial charge in [0.05, 0.1) is 12.1 Å². The topological polar surface area (TPSA) is 101 Å². The second-order valence-electron chi connectivity index (χ2n) is 3.82. The fraction of sp³-hybridized carbons (Fsp3) is 0.273. The van der Waals surface area contributed by atoms with Crippen LogP contribution in [0.5, 0.6) is 0 Å². The van der Waals surface area contributed by atoms with Crippen molar-refractivity contribution in [3.8, 4) is 0 Å². The van der Waals surface area contributed by atoms with Crippen LogP contribution in [0.1, 0.15) is 10.4 Å². The van der Waals surface area contributed by atoms with E-state index in [4.69, 9.17) is 11.5 Å². The van der Waals surface area contributed by atoms with E-state index in [2.05, 4.69) is 5.32 Å². The second-order valence-corrected chi connectivity index (χ2v) is 3.82. The summed E-state index contributed by atoms with van der Waals surface area (Å²) in [4.78, 5) is 24.2. The van der Waals surface area contributed by atoms with Crippen LogP contribution in [0.4, 0.5) is 11.4 Å². The molecule has 1 aromatic carbocycles. The quantitative estimate of drug-likeness (QED) is 0.616. The summed E-state index contributed by atoms with van der Waals surface area (Å²) < 4.78 is 0. The first kappa shape index (κ1) is 12.8. The predicted molar refractivity (Wildman–Crippen MR) is 66.7 cm³/mol. The van der Waals surface area contributed by atoms with Gasteiger partial charge in [0.15, 0.2) is 0 Å². The smallest absolute Gasteiger partial charge is 0.253 e. The Balaban J connectivity index is 2.98. The van der Waals surface area contributed by atoms with Gasteiger partial charge in [0.25, 0.3) is 5.91 Å². The van der Waals surface area contributed by atoms with E-state index < -0.39 is 5.91 Å². The minimum atomic E-state index is -0.589. The standard InChI is InChI=1S/C11H16N4O2/c1-15(2)9-4-3-7(12)5-8(9)11(17)14-6-10(13)16/h3-5H,6,12H2,1-2H3,(H2,13,16)(H,14,17). The van der Waals surface area contributed by atoms with Gasteiger partial charge in [-0.1, -0.05) is 0 Å². The number of anilines is 2. The fourth-order valence-electron chi connectivity index (χ4n) is 1.39. The van der Waals surface area contributed by atoms with E-state index in [1.807, 2.05) is 14.1 Å². The van der Waals surface area contributed by atoms with Crippen molar-refractivity contribution in [3.63, 3.8) is 0 Å². The number of hydrogen-bond donors (Lipinski definition) is 3. The van der Waals surface area contributed by atoms with Crippen LogP contribution in [0.15, 0.2) is 18.2 Å². The Bertz CT molecular complexity index is 443. The summed E-state index contributed by atoms with van der Waals surface area (Å²) in [5.41, 5.74) is 12.2. The molecule has 0 aliphatic carbocycles. The first-order chi connectivity index (χ1) is 7.91. The van der Waals surface area contributed by atoms with Gasteiger partial charge in [-0.05, 0) is 18.2 Å². The van der Waals surface area contributed by atoms with Crippen LogP contribution in [-0.4, -0.2) is 32.5 Å². The van der Waals surface area contributed by atoms with Gasteiger partial charge < -0.3 is 21.7 Å². The Hall–Kier alpha value is -2.24. The number of nitrogens with one attached hydrogen (secondary N) is 1. The van der Waals surface area contributed by atoms with Crippen LogP contribution in [0.3, 0.4) is 0 Å². The highest BCUT2D eigenvalue weighted by atomic mass is 16.2. The number of nitrogens with two attached hydrogens (primary N) is 2. The molecule has 0 atom stereocenters. The van der Waals surface area contributed by atoms with Gasteiger partial charge in [-0.2, -0.15) is 0 Å². The molecule has 17 heavy (non-hydrogen) atoms. The average molecular weight is 236 g/mol. The number of nitrogens with zero attached hydrogens (tertiary/aromatic N) is 1. The second kappa shape index (κ2) is 5.20. The molecular weight excluding hydrogens is 220 g/mol. The molecule has 1 rings (SSSR count). The molecule has 0 aliphatic rings. The first-order valence-electron chi connectivity index (χ1n) is 5.05. The number of carbonyl (C=O) groups is 2. The number of rotatable bonds is 4. The molecule has 0 heterocycles. The summed E-state index contributed by atoms with van der Waals surface area (Å²) in [6.45, 7) is -0.194. The molecule has 0 fully saturated rings. The normalized spacial score (nSPS) is 9.76. The molecule has 0 unspecified atom stereocenters. The largest absolute Gasteiger partial charge is 0.399 e. The van der Waals surface area contributed by atoms with Crippen molar-refractivity contribution in [2.24, 2.45) is 5.73 Å². The zero-order valence-electron chi connectivity index (χ0n) is 9.86. The summed E-state index contributed by atoms with van der Waals surface area (Å²) in [5.74, 6) is -0.964. The molecular formula is C11H16N4O2. The molecule has 0 radical (unpaired) electrons. The highest BCUT2D eigenvalue weighted by Gasteiger charge is 2.13. The van der Waals surface area contributed by atoms with Crippen molar-refractivity contribution in [3.05, 3.63) is 23.8 Å². The van der Waals surface area contributed by atoms with Gasteiger partial charge in [-0.25, -0.2) is 0 Å². The molecule has 0 saturated heterocycles. The Morgan fingerprint density at radius 2 is 2.00 bits per heavy atom. The fourth-order valence-corrected chi connectivity index (χ4v) is 1.39. The summed E-state index contributed by atoms with van der Waals surface area (Å²) in [5, 5.41) is 2.43. The van der Waals surface area contributed by atoms with E-state index in [-0.39, 0.29) is 12.5 Å². The van der Waals surface area contributed by atoms with E-state index >= 15 is 0 Å². The van der Waals surface area contributed by atoms with Crippen LogP contribution in [0.2, 0.25) is 0 Å². The van der Waals surface area contributed by atoms with Crippen molar-refractivity contribution >= 4 is 23.2 Å². The third-order valence-electron chi connectivity index (χ3n) is 2.17. The molecule has 0 spiro atoms. The van der Waals surface area contributed by atoms with Gasteiger partial charge >= 0.3 is 0 Å². The molecule has 0 saturated carbocycles. The van der Waals surface area contributed by atoms with Crippen molar-refractivity contribution < 1.29 is 9.59 Å². The highest BCUT2D eigenvalue weighted by molar-refractivity contribution is 6.01. The van der Waals surface area contributed by atoms with Crippen LogP contribution in [0.25, 0.3) is 0 Å². The number of nitrogen functional groups attached to an aromatic ring is 1. The highest BCUT2D eigenvalue weighted by Crippen LogP contribution is 2.21. The third-order valence-corrected chi connectivity index (χ3v) is 2.17. The molecule has 0 aliphatic heterocycles. The molecule has 6 heteroatoms. The Morgan fingerprint density at radius 3 is 2.53 bits per heavy atom. The summed E-state index contributed by atoms with van der Waals surface area (Å²) in [6.07, 6.45) is 0. The number of hydrogen-bond acceptors (Lipinski definition) is 4. The number of amides is 2. The van der Waals surface area contributed by atoms with Crippen molar-refractivity contribution in [1.29, 1.82) is 0 Å². The summed E-state index contributed by atoms with van der Waals surface area (Å²) >= 11 is 0. The summed E-state index contributed by atoms with van der Waals surface area (Å²) in [7, 11) is 3.63. The predicted octanol–water partition coefficient (Wildman–Crippen LogP) is -0.450. The van der Waals surface area contributed by atoms with Gasteiger partial charge in [-0.3, -0.25) is 9.59 Å². The monoisotopic (exact) mass is 236 g/mol. The maximum Gasteiger partial charge on any atom is 0.253 e. The molecule has 2 amide bonds. The molecule has 0 bridgehead atoms. The lowest BCUT2D eigenvalue weighted by atomic mass is 10.1. The number of carbonyl (C=O) groups excluding carboxylic acids is 2. The lowest BCUT2D eigenvalue weighted by molar-refractivity contribution is -0.117. The Morgan fingerprint density at radius 1 is 1.35 bits per heavy atom. The summed E-state index contributed by atoms with van der Waals surface area (Å²) in [6, 6.07) is 5.01. The number of primary amides is 1. The van der Waals surface area contributed by atoms with Crippen LogP contribution in [-0.2, 0) is 4.79 Å². The minimum absolute atomic E-state index is 0.194. The van der Waals surface area contributed by atoms with E-state index in [0.29, 0.717) is 11.3 Å². The van der Waals surface area contributed by atoms with Crippen LogP contribution < -0.4 is 21.7 Å². The van der Waals surface area contributed by atoms with Gasteiger partial charge in [0, 0.05) is 25.5 Å². The lowest BCUT2D eigenvalue weighted by Gasteiger charge is -2.17. The lowest BCUT2D eigenvalue weighted by Crippen LogP contribution is -2.34. The van der Waals surface area contributed by atoms with E-state index in [1.54, 1.807) is 23.1 Å². The average Bonchev–Trinajstić information content (AvgIpc) is 2.25. The Labute approximate surface area is 99.6 Å².